The summed E-state index contributed by atoms with van der Waals surface area (Å²) in [4.78, 5) is 12.9. The van der Waals surface area contributed by atoms with Crippen molar-refractivity contribution in [3.05, 3.63) is 89.6 Å². The van der Waals surface area contributed by atoms with E-state index in [2.05, 4.69) is 29.6 Å². The first-order valence-electron chi connectivity index (χ1n) is 11.3. The summed E-state index contributed by atoms with van der Waals surface area (Å²) in [7, 11) is -4.26. The van der Waals surface area contributed by atoms with E-state index in [-0.39, 0.29) is 17.1 Å². The number of ketones is 1. The third-order valence-electron chi connectivity index (χ3n) is 6.35. The Balaban J connectivity index is 1.38. The molecule has 1 saturated heterocycles. The van der Waals surface area contributed by atoms with Gasteiger partial charge in [0.1, 0.15) is 5.52 Å². The summed E-state index contributed by atoms with van der Waals surface area (Å²) in [5, 5.41) is 9.03. The van der Waals surface area contributed by atoms with E-state index in [1.165, 1.54) is 42.7 Å². The molecule has 3 aromatic carbocycles. The van der Waals surface area contributed by atoms with Crippen LogP contribution in [0.5, 0.6) is 0 Å². The van der Waals surface area contributed by atoms with Crippen LogP contribution in [0.15, 0.2) is 77.8 Å². The predicted octanol–water partition coefficient (Wildman–Crippen LogP) is 4.16. The fraction of sp³-hybridized carbons (Fsp3) is 0.231. The van der Waals surface area contributed by atoms with Crippen molar-refractivity contribution in [2.75, 3.05) is 13.1 Å². The number of carbonyl (C=O) groups is 1. The largest absolute Gasteiger partial charge is 0.316 e. The number of fused-ring (bicyclic) bond motifs is 1. The van der Waals surface area contributed by atoms with Crippen molar-refractivity contribution in [2.24, 2.45) is 0 Å². The molecule has 1 atom stereocenters. The van der Waals surface area contributed by atoms with Gasteiger partial charge in [-0.1, -0.05) is 36.4 Å². The molecule has 0 amide bonds. The second-order valence-electron chi connectivity index (χ2n) is 8.67. The molecule has 0 spiro atoms. The lowest BCUT2D eigenvalue weighted by Crippen LogP contribution is -2.28. The topological polar surface area (TPSA) is 101 Å². The zero-order valence-corrected chi connectivity index (χ0v) is 19.3. The monoisotopic (exact) mass is 475 g/mol. The number of hydrogen-bond donors (Lipinski definition) is 2. The normalized spacial score (nSPS) is 16.6. The Kier molecular flexibility index (Phi) is 6.03. The zero-order valence-electron chi connectivity index (χ0n) is 18.5. The van der Waals surface area contributed by atoms with E-state index >= 15 is 0 Å². The van der Waals surface area contributed by atoms with Crippen molar-refractivity contribution in [3.63, 3.8) is 0 Å². The minimum Gasteiger partial charge on any atom is -0.316 e. The van der Waals surface area contributed by atoms with E-state index < -0.39 is 10.1 Å². The van der Waals surface area contributed by atoms with Gasteiger partial charge in [-0.05, 0) is 66.8 Å². The van der Waals surface area contributed by atoms with E-state index in [1.54, 1.807) is 10.7 Å². The molecule has 0 bridgehead atoms. The van der Waals surface area contributed by atoms with Gasteiger partial charge in [-0.2, -0.15) is 13.5 Å². The summed E-state index contributed by atoms with van der Waals surface area (Å²) < 4.78 is 33.4. The molecule has 174 valence electrons. The molecule has 0 radical (unpaired) electrons. The number of nitrogens with one attached hydrogen (secondary N) is 1. The van der Waals surface area contributed by atoms with E-state index in [9.17, 15) is 13.2 Å². The van der Waals surface area contributed by atoms with Gasteiger partial charge < -0.3 is 5.32 Å². The summed E-state index contributed by atoms with van der Waals surface area (Å²) in [6.45, 7) is 2.10. The third-order valence-corrected chi connectivity index (χ3v) is 7.22. The number of rotatable bonds is 6. The molecule has 34 heavy (non-hydrogen) atoms. The van der Waals surface area contributed by atoms with E-state index in [1.807, 2.05) is 18.3 Å². The lowest BCUT2D eigenvalue weighted by atomic mass is 9.92. The van der Waals surface area contributed by atoms with Gasteiger partial charge >= 0.3 is 0 Å². The van der Waals surface area contributed by atoms with Gasteiger partial charge in [0.2, 0.25) is 0 Å². The average molecular weight is 476 g/mol. The van der Waals surface area contributed by atoms with Crippen LogP contribution in [0, 0.1) is 0 Å². The van der Waals surface area contributed by atoms with Gasteiger partial charge in [0, 0.05) is 30.1 Å². The van der Waals surface area contributed by atoms with Crippen LogP contribution >= 0.6 is 0 Å². The lowest BCUT2D eigenvalue weighted by Gasteiger charge is -2.23. The molecule has 1 fully saturated rings. The highest BCUT2D eigenvalue weighted by Gasteiger charge is 2.17. The minimum absolute atomic E-state index is 0.0991. The Morgan fingerprint density at radius 2 is 1.82 bits per heavy atom. The van der Waals surface area contributed by atoms with Crippen molar-refractivity contribution >= 4 is 26.8 Å². The molecule has 7 nitrogen and oxygen atoms in total. The fourth-order valence-electron chi connectivity index (χ4n) is 4.50. The third kappa shape index (κ3) is 4.65. The van der Waals surface area contributed by atoms with Crippen LogP contribution in [0.1, 0.15) is 40.2 Å². The van der Waals surface area contributed by atoms with Crippen molar-refractivity contribution < 1.29 is 17.8 Å². The quantitative estimate of drug-likeness (QED) is 0.321. The number of aromatic nitrogens is 2. The van der Waals surface area contributed by atoms with Crippen LogP contribution in [0.2, 0.25) is 0 Å². The van der Waals surface area contributed by atoms with Gasteiger partial charge in [-0.25, -0.2) is 4.68 Å². The molecule has 8 heteroatoms. The minimum atomic E-state index is -4.26. The smallest absolute Gasteiger partial charge is 0.294 e. The first-order chi connectivity index (χ1) is 16.4. The molecule has 1 aliphatic heterocycles. The Labute approximate surface area is 198 Å². The molecule has 4 aromatic rings. The van der Waals surface area contributed by atoms with E-state index in [0.717, 1.165) is 24.2 Å². The number of hydrogen-bond acceptors (Lipinski definition) is 5. The summed E-state index contributed by atoms with van der Waals surface area (Å²) in [5.41, 5.74) is 4.05. The van der Waals surface area contributed by atoms with Crippen LogP contribution in [-0.4, -0.2) is 41.6 Å². The first kappa shape index (κ1) is 22.5. The second-order valence-corrected chi connectivity index (χ2v) is 10.1. The van der Waals surface area contributed by atoms with Gasteiger partial charge in [-0.3, -0.25) is 9.35 Å². The Morgan fingerprint density at radius 3 is 2.50 bits per heavy atom. The molecule has 2 N–H and O–H groups in total. The van der Waals surface area contributed by atoms with Gasteiger partial charge in [-0.15, -0.1) is 0 Å². The molecule has 1 aromatic heterocycles. The summed E-state index contributed by atoms with van der Waals surface area (Å²) in [6.07, 6.45) is 4.41. The summed E-state index contributed by atoms with van der Waals surface area (Å²) in [5.74, 6) is 0.422. The lowest BCUT2D eigenvalue weighted by molar-refractivity contribution is 0.0994. The van der Waals surface area contributed by atoms with Gasteiger partial charge in [0.15, 0.2) is 5.78 Å². The van der Waals surface area contributed by atoms with Crippen molar-refractivity contribution in [1.82, 2.24) is 15.1 Å². The summed E-state index contributed by atoms with van der Waals surface area (Å²) in [6, 6.07) is 19.6. The molecule has 2 heterocycles. The first-order valence-corrected chi connectivity index (χ1v) is 12.7. The van der Waals surface area contributed by atoms with Crippen molar-refractivity contribution in [3.8, 4) is 5.69 Å². The molecule has 5 rings (SSSR count). The SMILES string of the molecule is O=C(Cc1ccc(S(=O)(=O)O)cc1)c1cccc2cn(-c3ccc([C@@H]4CCCNC4)cc3)nc12. The number of Topliss-reactive ketones (excluding diaryl/α,β-unsaturated/α-hetero) is 1. The molecule has 0 unspecified atom stereocenters. The van der Waals surface area contributed by atoms with Gasteiger partial charge in [0.05, 0.1) is 10.6 Å². The molecule has 0 saturated carbocycles. The summed E-state index contributed by atoms with van der Waals surface area (Å²) >= 11 is 0. The molecule has 1 aliphatic rings. The number of nitrogens with zero attached hydrogens (tertiary/aromatic N) is 2. The zero-order chi connectivity index (χ0) is 23.7. The van der Waals surface area contributed by atoms with Crippen molar-refractivity contribution in [1.29, 1.82) is 0 Å². The highest BCUT2D eigenvalue weighted by atomic mass is 32.2. The van der Waals surface area contributed by atoms with E-state index in [4.69, 9.17) is 9.65 Å². The van der Waals surface area contributed by atoms with Crippen LogP contribution in [-0.2, 0) is 16.5 Å². The van der Waals surface area contributed by atoms with Crippen molar-refractivity contribution in [2.45, 2.75) is 30.1 Å². The average Bonchev–Trinajstić information content (AvgIpc) is 3.29. The Hall–Kier alpha value is -3.33. The maximum Gasteiger partial charge on any atom is 0.294 e. The second kappa shape index (κ2) is 9.13. The standard InChI is InChI=1S/C26H25N3O4S/c30-25(15-18-6-12-23(13-7-18)34(31,32)33)24-5-1-3-21-17-29(28-26(21)24)22-10-8-19(9-11-22)20-4-2-14-27-16-20/h1,3,5-13,17,20,27H,2,4,14-16H2,(H,31,32,33)/t20-/m1/s1. The fourth-order valence-corrected chi connectivity index (χ4v) is 4.98. The molecule has 0 aliphatic carbocycles. The maximum atomic E-state index is 13.1. The Morgan fingerprint density at radius 1 is 1.06 bits per heavy atom. The number of carbonyl (C=O) groups excluding carboxylic acids is 1. The van der Waals surface area contributed by atoms with Gasteiger partial charge in [0.25, 0.3) is 10.1 Å². The maximum absolute atomic E-state index is 13.1. The molecular formula is C26H25N3O4S. The van der Waals surface area contributed by atoms with Crippen LogP contribution < -0.4 is 5.32 Å². The van der Waals surface area contributed by atoms with Crippen LogP contribution in [0.4, 0.5) is 0 Å². The van der Waals surface area contributed by atoms with Crippen LogP contribution in [0.25, 0.3) is 16.6 Å². The highest BCUT2D eigenvalue weighted by molar-refractivity contribution is 7.85. The predicted molar refractivity (Wildman–Crippen MR) is 130 cm³/mol. The highest BCUT2D eigenvalue weighted by Crippen LogP contribution is 2.25. The number of benzene rings is 3. The van der Waals surface area contributed by atoms with Crippen LogP contribution in [0.3, 0.4) is 0 Å². The molecular weight excluding hydrogens is 450 g/mol. The number of piperidine rings is 1. The Bertz CT molecular complexity index is 1440. The van der Waals surface area contributed by atoms with E-state index in [0.29, 0.717) is 22.6 Å².